The van der Waals surface area contributed by atoms with Gasteiger partial charge < -0.3 is 15.1 Å². The Morgan fingerprint density at radius 1 is 1.22 bits per heavy atom. The first-order valence-electron chi connectivity index (χ1n) is 7.07. The first-order valence-corrected chi connectivity index (χ1v) is 7.07. The van der Waals surface area contributed by atoms with Gasteiger partial charge in [-0.3, -0.25) is 9.59 Å². The van der Waals surface area contributed by atoms with Crippen molar-refractivity contribution in [2.75, 3.05) is 26.2 Å². The first-order chi connectivity index (χ1) is 8.75. The summed E-state index contributed by atoms with van der Waals surface area (Å²) in [6, 6.07) is 0.293. The summed E-state index contributed by atoms with van der Waals surface area (Å²) < 4.78 is 0. The Labute approximate surface area is 107 Å². The minimum atomic E-state index is 0.0161. The molecule has 0 aromatic carbocycles. The van der Waals surface area contributed by atoms with E-state index in [1.54, 1.807) is 0 Å². The van der Waals surface area contributed by atoms with E-state index in [-0.39, 0.29) is 23.9 Å². The predicted molar refractivity (Wildman–Crippen MR) is 67.0 cm³/mol. The Morgan fingerprint density at radius 3 is 2.89 bits per heavy atom. The maximum Gasteiger partial charge on any atom is 0.239 e. The highest BCUT2D eigenvalue weighted by molar-refractivity contribution is 5.83. The van der Waals surface area contributed by atoms with Crippen molar-refractivity contribution in [3.05, 3.63) is 0 Å². The number of rotatable bonds is 1. The average Bonchev–Trinajstić information content (AvgIpc) is 2.80. The van der Waals surface area contributed by atoms with E-state index in [2.05, 4.69) is 5.32 Å². The molecule has 0 aromatic rings. The minimum Gasteiger partial charge on any atom is -0.338 e. The number of hydrogen-bond acceptors (Lipinski definition) is 3. The van der Waals surface area contributed by atoms with Crippen LogP contribution in [0.15, 0.2) is 0 Å². The molecule has 3 heterocycles. The predicted octanol–water partition coefficient (Wildman–Crippen LogP) is -0.0383. The van der Waals surface area contributed by atoms with Crippen LogP contribution in [0.1, 0.15) is 32.1 Å². The van der Waals surface area contributed by atoms with E-state index >= 15 is 0 Å². The van der Waals surface area contributed by atoms with Crippen LogP contribution in [0, 0.1) is 0 Å². The SMILES string of the molecule is O=C(C1CCCCN1)N1CCN2C(=O)CCC2C1. The van der Waals surface area contributed by atoms with Gasteiger partial charge in [0.1, 0.15) is 0 Å². The molecule has 2 atom stereocenters. The normalized spacial score (nSPS) is 32.6. The number of hydrogen-bond donors (Lipinski definition) is 1. The third kappa shape index (κ3) is 2.11. The van der Waals surface area contributed by atoms with E-state index in [0.717, 1.165) is 38.9 Å². The standard InChI is InChI=1S/C13H21N3O2/c17-12-5-4-10-9-15(7-8-16(10)12)13(18)11-3-1-2-6-14-11/h10-11,14H,1-9H2. The number of carbonyl (C=O) groups is 2. The number of nitrogens with zero attached hydrogens (tertiary/aromatic N) is 2. The molecule has 0 aliphatic carbocycles. The van der Waals surface area contributed by atoms with E-state index in [9.17, 15) is 9.59 Å². The summed E-state index contributed by atoms with van der Waals surface area (Å²) in [5.41, 5.74) is 0. The summed E-state index contributed by atoms with van der Waals surface area (Å²) in [6.07, 6.45) is 4.86. The Bertz CT molecular complexity index is 352. The van der Waals surface area contributed by atoms with Crippen LogP contribution in [0.3, 0.4) is 0 Å². The van der Waals surface area contributed by atoms with Crippen LogP contribution in [-0.2, 0) is 9.59 Å². The average molecular weight is 251 g/mol. The molecule has 18 heavy (non-hydrogen) atoms. The van der Waals surface area contributed by atoms with Gasteiger partial charge in [0.2, 0.25) is 11.8 Å². The molecule has 3 aliphatic rings. The molecule has 2 unspecified atom stereocenters. The lowest BCUT2D eigenvalue weighted by Gasteiger charge is -2.39. The van der Waals surface area contributed by atoms with Crippen molar-refractivity contribution in [3.8, 4) is 0 Å². The van der Waals surface area contributed by atoms with E-state index in [1.165, 1.54) is 6.42 Å². The van der Waals surface area contributed by atoms with Crippen LogP contribution in [-0.4, -0.2) is 59.9 Å². The Hall–Kier alpha value is -1.10. The lowest BCUT2D eigenvalue weighted by molar-refractivity contribution is -0.140. The zero-order valence-corrected chi connectivity index (χ0v) is 10.7. The fourth-order valence-corrected chi connectivity index (χ4v) is 3.35. The molecule has 3 saturated heterocycles. The number of carbonyl (C=O) groups excluding carboxylic acids is 2. The second kappa shape index (κ2) is 4.88. The third-order valence-electron chi connectivity index (χ3n) is 4.41. The maximum atomic E-state index is 12.4. The molecule has 3 fully saturated rings. The van der Waals surface area contributed by atoms with Crippen LogP contribution >= 0.6 is 0 Å². The molecule has 1 N–H and O–H groups in total. The quantitative estimate of drug-likeness (QED) is 0.711. The molecule has 0 radical (unpaired) electrons. The van der Waals surface area contributed by atoms with Gasteiger partial charge in [-0.25, -0.2) is 0 Å². The van der Waals surface area contributed by atoms with E-state index in [1.807, 2.05) is 9.80 Å². The first kappa shape index (κ1) is 12.0. The number of nitrogens with one attached hydrogen (secondary N) is 1. The molecule has 2 amide bonds. The molecule has 100 valence electrons. The fourth-order valence-electron chi connectivity index (χ4n) is 3.35. The second-order valence-electron chi connectivity index (χ2n) is 5.57. The van der Waals surface area contributed by atoms with Crippen molar-refractivity contribution in [2.24, 2.45) is 0 Å². The number of amides is 2. The molecule has 0 bridgehead atoms. The minimum absolute atomic E-state index is 0.0161. The van der Waals surface area contributed by atoms with Gasteiger partial charge in [-0.2, -0.15) is 0 Å². The zero-order valence-electron chi connectivity index (χ0n) is 10.7. The highest BCUT2D eigenvalue weighted by Crippen LogP contribution is 2.23. The monoisotopic (exact) mass is 251 g/mol. The van der Waals surface area contributed by atoms with Gasteiger partial charge in [-0.1, -0.05) is 6.42 Å². The van der Waals surface area contributed by atoms with Gasteiger partial charge in [0, 0.05) is 32.1 Å². The van der Waals surface area contributed by atoms with Gasteiger partial charge in [-0.05, 0) is 25.8 Å². The summed E-state index contributed by atoms with van der Waals surface area (Å²) in [4.78, 5) is 27.9. The van der Waals surface area contributed by atoms with Crippen LogP contribution < -0.4 is 5.32 Å². The topological polar surface area (TPSA) is 52.7 Å². The third-order valence-corrected chi connectivity index (χ3v) is 4.41. The van der Waals surface area contributed by atoms with Crippen molar-refractivity contribution in [3.63, 3.8) is 0 Å². The number of fused-ring (bicyclic) bond motifs is 1. The van der Waals surface area contributed by atoms with Gasteiger partial charge in [-0.15, -0.1) is 0 Å². The summed E-state index contributed by atoms with van der Waals surface area (Å²) in [7, 11) is 0. The lowest BCUT2D eigenvalue weighted by Crippen LogP contribution is -2.57. The van der Waals surface area contributed by atoms with Crippen LogP contribution in [0.2, 0.25) is 0 Å². The van der Waals surface area contributed by atoms with Gasteiger partial charge in [0.25, 0.3) is 0 Å². The lowest BCUT2D eigenvalue weighted by atomic mass is 10.0. The molecule has 3 rings (SSSR count). The molecular weight excluding hydrogens is 230 g/mol. The summed E-state index contributed by atoms with van der Waals surface area (Å²) in [5.74, 6) is 0.511. The molecule has 3 aliphatic heterocycles. The molecule has 5 nitrogen and oxygen atoms in total. The maximum absolute atomic E-state index is 12.4. The Morgan fingerprint density at radius 2 is 2.11 bits per heavy atom. The van der Waals surface area contributed by atoms with Crippen molar-refractivity contribution in [1.29, 1.82) is 0 Å². The van der Waals surface area contributed by atoms with E-state index in [4.69, 9.17) is 0 Å². The van der Waals surface area contributed by atoms with Gasteiger partial charge >= 0.3 is 0 Å². The van der Waals surface area contributed by atoms with Crippen molar-refractivity contribution < 1.29 is 9.59 Å². The number of piperazine rings is 1. The van der Waals surface area contributed by atoms with Crippen LogP contribution in [0.4, 0.5) is 0 Å². The summed E-state index contributed by atoms with van der Waals surface area (Å²) in [5, 5.41) is 3.31. The zero-order chi connectivity index (χ0) is 12.5. The smallest absolute Gasteiger partial charge is 0.239 e. The second-order valence-corrected chi connectivity index (χ2v) is 5.57. The number of piperidine rings is 1. The van der Waals surface area contributed by atoms with Crippen LogP contribution in [0.5, 0.6) is 0 Å². The molecule has 0 spiro atoms. The Kier molecular flexibility index (Phi) is 3.24. The highest BCUT2D eigenvalue weighted by atomic mass is 16.2. The van der Waals surface area contributed by atoms with Crippen molar-refractivity contribution in [1.82, 2.24) is 15.1 Å². The highest BCUT2D eigenvalue weighted by Gasteiger charge is 2.38. The van der Waals surface area contributed by atoms with Gasteiger partial charge in [0.05, 0.1) is 6.04 Å². The molecule has 0 aromatic heterocycles. The van der Waals surface area contributed by atoms with Crippen molar-refractivity contribution >= 4 is 11.8 Å². The van der Waals surface area contributed by atoms with Crippen LogP contribution in [0.25, 0.3) is 0 Å². The largest absolute Gasteiger partial charge is 0.338 e. The summed E-state index contributed by atoms with van der Waals surface area (Å²) >= 11 is 0. The molecule has 0 saturated carbocycles. The molecule has 5 heteroatoms. The summed E-state index contributed by atoms with van der Waals surface area (Å²) in [6.45, 7) is 3.13. The Balaban J connectivity index is 1.60. The van der Waals surface area contributed by atoms with E-state index in [0.29, 0.717) is 13.0 Å². The fraction of sp³-hybridized carbons (Fsp3) is 0.846. The van der Waals surface area contributed by atoms with E-state index < -0.39 is 0 Å². The molecular formula is C13H21N3O2. The van der Waals surface area contributed by atoms with Crippen molar-refractivity contribution in [2.45, 2.75) is 44.2 Å². The van der Waals surface area contributed by atoms with Gasteiger partial charge in [0.15, 0.2) is 0 Å².